The average molecular weight is 481 g/mol. The first-order chi connectivity index (χ1) is 15.8. The van der Waals surface area contributed by atoms with Crippen LogP contribution < -0.4 is 0 Å². The van der Waals surface area contributed by atoms with Gasteiger partial charge in [-0.25, -0.2) is 0 Å². The van der Waals surface area contributed by atoms with E-state index in [9.17, 15) is 25.2 Å². The van der Waals surface area contributed by atoms with E-state index in [1.165, 1.54) is 0 Å². The minimum atomic E-state index is -0.867. The van der Waals surface area contributed by atoms with Crippen LogP contribution in [0.15, 0.2) is 0 Å². The number of esters is 1. The summed E-state index contributed by atoms with van der Waals surface area (Å²) >= 11 is 0. The Kier molecular flexibility index (Phi) is 7.23. The van der Waals surface area contributed by atoms with Gasteiger partial charge in [0.15, 0.2) is 0 Å². The van der Waals surface area contributed by atoms with Crippen molar-refractivity contribution in [2.45, 2.75) is 104 Å². The Hall–Kier alpha value is -0.690. The molecule has 1 saturated heterocycles. The second kappa shape index (κ2) is 9.32. The molecule has 0 spiro atoms. The Morgan fingerprint density at radius 3 is 2.21 bits per heavy atom. The summed E-state index contributed by atoms with van der Waals surface area (Å²) in [6.07, 6.45) is 1.61. The second-order valence-electron chi connectivity index (χ2n) is 13.3. The van der Waals surface area contributed by atoms with Gasteiger partial charge in [0.1, 0.15) is 0 Å². The molecule has 0 radical (unpaired) electrons. The summed E-state index contributed by atoms with van der Waals surface area (Å²) in [5, 5.41) is 42.9. The molecular weight excluding hydrogens is 432 g/mol. The van der Waals surface area contributed by atoms with Crippen LogP contribution in [0, 0.1) is 58.2 Å². The molecule has 6 nitrogen and oxygen atoms in total. The third-order valence-corrected chi connectivity index (χ3v) is 11.5. The van der Waals surface area contributed by atoms with Crippen LogP contribution in [-0.4, -0.2) is 57.4 Å². The van der Waals surface area contributed by atoms with E-state index in [1.807, 2.05) is 6.92 Å². The van der Waals surface area contributed by atoms with Crippen molar-refractivity contribution >= 4 is 5.97 Å². The lowest BCUT2D eigenvalue weighted by Gasteiger charge is -2.56. The van der Waals surface area contributed by atoms with E-state index in [0.29, 0.717) is 30.8 Å². The van der Waals surface area contributed by atoms with Crippen LogP contribution in [0.25, 0.3) is 0 Å². The molecule has 4 N–H and O–H groups in total. The summed E-state index contributed by atoms with van der Waals surface area (Å²) in [4.78, 5) is 13.0. The van der Waals surface area contributed by atoms with Crippen LogP contribution in [0.5, 0.6) is 0 Å². The standard InChI is InChI=1S/C28H48O6/c1-14(2)15(3)24(31)25(32)16(4)18-7-8-19-17-13-34-26(33)21-11-22(29)23(30)12-28(21,6)20(17)9-10-27(18,19)5/h14-25,29-32H,7-13H2,1-6H3/t15-,16+,17+,18-,19+,20+,21-,22+,23-,24+,25+,27-,28-/m1/s1. The van der Waals surface area contributed by atoms with E-state index in [0.717, 1.165) is 25.7 Å². The van der Waals surface area contributed by atoms with Gasteiger partial charge in [0.25, 0.3) is 0 Å². The van der Waals surface area contributed by atoms with Crippen molar-refractivity contribution in [1.82, 2.24) is 0 Å². The Morgan fingerprint density at radius 1 is 0.912 bits per heavy atom. The lowest BCUT2D eigenvalue weighted by Crippen LogP contribution is -2.55. The van der Waals surface area contributed by atoms with E-state index in [-0.39, 0.29) is 52.8 Å². The molecule has 0 amide bonds. The predicted octanol–water partition coefficient (Wildman–Crippen LogP) is 3.39. The van der Waals surface area contributed by atoms with Crippen LogP contribution >= 0.6 is 0 Å². The maximum Gasteiger partial charge on any atom is 0.309 e. The van der Waals surface area contributed by atoms with Crippen molar-refractivity contribution in [2.24, 2.45) is 58.2 Å². The Balaban J connectivity index is 1.58. The van der Waals surface area contributed by atoms with E-state index < -0.39 is 24.4 Å². The molecule has 196 valence electrons. The number of hydrogen-bond acceptors (Lipinski definition) is 6. The van der Waals surface area contributed by atoms with Crippen molar-refractivity contribution < 1.29 is 30.0 Å². The number of aliphatic hydroxyl groups excluding tert-OH is 4. The highest BCUT2D eigenvalue weighted by molar-refractivity contribution is 5.74. The van der Waals surface area contributed by atoms with E-state index >= 15 is 0 Å². The lowest BCUT2D eigenvalue weighted by molar-refractivity contribution is -0.162. The molecule has 1 aliphatic heterocycles. The van der Waals surface area contributed by atoms with Crippen molar-refractivity contribution in [1.29, 1.82) is 0 Å². The maximum atomic E-state index is 13.0. The van der Waals surface area contributed by atoms with Crippen LogP contribution in [0.2, 0.25) is 0 Å². The molecule has 34 heavy (non-hydrogen) atoms. The zero-order valence-electron chi connectivity index (χ0n) is 22.0. The number of carbonyl (C=O) groups excluding carboxylic acids is 1. The van der Waals surface area contributed by atoms with E-state index in [2.05, 4.69) is 34.6 Å². The number of cyclic esters (lactones) is 1. The Morgan fingerprint density at radius 2 is 1.56 bits per heavy atom. The minimum absolute atomic E-state index is 0.00827. The highest BCUT2D eigenvalue weighted by Crippen LogP contribution is 2.66. The smallest absolute Gasteiger partial charge is 0.309 e. The largest absolute Gasteiger partial charge is 0.465 e. The van der Waals surface area contributed by atoms with Crippen LogP contribution in [0.3, 0.4) is 0 Å². The minimum Gasteiger partial charge on any atom is -0.465 e. The molecule has 3 aliphatic carbocycles. The third kappa shape index (κ3) is 4.05. The van der Waals surface area contributed by atoms with Gasteiger partial charge in [-0.3, -0.25) is 4.79 Å². The average Bonchev–Trinajstić information content (AvgIpc) is 3.09. The summed E-state index contributed by atoms with van der Waals surface area (Å²) in [6, 6.07) is 0. The molecule has 0 unspecified atom stereocenters. The molecule has 4 rings (SSSR count). The first-order valence-corrected chi connectivity index (χ1v) is 13.7. The number of aliphatic hydroxyl groups is 4. The predicted molar refractivity (Wildman–Crippen MR) is 130 cm³/mol. The molecule has 3 saturated carbocycles. The molecule has 13 atom stereocenters. The molecule has 4 fully saturated rings. The number of fused-ring (bicyclic) bond motifs is 5. The normalized spacial score (nSPS) is 48.1. The number of hydrogen-bond donors (Lipinski definition) is 4. The number of carbonyl (C=O) groups is 1. The van der Waals surface area contributed by atoms with Gasteiger partial charge >= 0.3 is 5.97 Å². The Bertz CT molecular complexity index is 755. The second-order valence-corrected chi connectivity index (χ2v) is 13.3. The van der Waals surface area contributed by atoms with Gasteiger partial charge < -0.3 is 25.2 Å². The monoisotopic (exact) mass is 480 g/mol. The van der Waals surface area contributed by atoms with Crippen molar-refractivity contribution in [3.63, 3.8) is 0 Å². The zero-order valence-corrected chi connectivity index (χ0v) is 22.0. The highest BCUT2D eigenvalue weighted by atomic mass is 16.5. The first-order valence-electron chi connectivity index (χ1n) is 13.7. The molecule has 0 aromatic heterocycles. The van der Waals surface area contributed by atoms with Crippen LogP contribution in [0.1, 0.15) is 80.1 Å². The van der Waals surface area contributed by atoms with Crippen molar-refractivity contribution in [2.75, 3.05) is 6.61 Å². The molecule has 0 aromatic rings. The molecule has 4 aliphatic rings. The topological polar surface area (TPSA) is 107 Å². The van der Waals surface area contributed by atoms with E-state index in [4.69, 9.17) is 4.74 Å². The van der Waals surface area contributed by atoms with Gasteiger partial charge in [-0.1, -0.05) is 41.5 Å². The highest BCUT2D eigenvalue weighted by Gasteiger charge is 2.63. The molecule has 0 aromatic carbocycles. The van der Waals surface area contributed by atoms with Crippen molar-refractivity contribution in [3.05, 3.63) is 0 Å². The van der Waals surface area contributed by atoms with Crippen LogP contribution in [0.4, 0.5) is 0 Å². The number of rotatable bonds is 5. The SMILES string of the molecule is CC(C)[C@@H](C)[C@H](O)[C@@H](O)[C@@H](C)[C@H]1CC[C@H]2[C@@H]3COC(=O)[C@H]4C[C@H](O)[C@H](O)C[C@]4(C)[C@H]3CC[C@]12C. The summed E-state index contributed by atoms with van der Waals surface area (Å²) in [7, 11) is 0. The fraction of sp³-hybridized carbons (Fsp3) is 0.964. The molecular formula is C28H48O6. The van der Waals surface area contributed by atoms with Gasteiger partial charge in [-0.2, -0.15) is 0 Å². The molecule has 6 heteroatoms. The molecule has 1 heterocycles. The summed E-state index contributed by atoms with van der Waals surface area (Å²) in [5.74, 6) is 0.948. The molecule has 0 bridgehead atoms. The van der Waals surface area contributed by atoms with Gasteiger partial charge in [-0.15, -0.1) is 0 Å². The van der Waals surface area contributed by atoms with Gasteiger partial charge in [0.2, 0.25) is 0 Å². The first kappa shape index (κ1) is 26.4. The fourth-order valence-electron chi connectivity index (χ4n) is 8.95. The third-order valence-electron chi connectivity index (χ3n) is 11.5. The van der Waals surface area contributed by atoms with Gasteiger partial charge in [0, 0.05) is 0 Å². The van der Waals surface area contributed by atoms with Crippen LogP contribution in [-0.2, 0) is 9.53 Å². The summed E-state index contributed by atoms with van der Waals surface area (Å²) in [5.41, 5.74) is -0.345. The quantitative estimate of drug-likeness (QED) is 0.450. The summed E-state index contributed by atoms with van der Waals surface area (Å²) in [6.45, 7) is 13.2. The lowest BCUT2D eigenvalue weighted by atomic mass is 9.48. The fourth-order valence-corrected chi connectivity index (χ4v) is 8.95. The summed E-state index contributed by atoms with van der Waals surface area (Å²) < 4.78 is 5.86. The van der Waals surface area contributed by atoms with Crippen molar-refractivity contribution in [3.8, 4) is 0 Å². The van der Waals surface area contributed by atoms with Gasteiger partial charge in [-0.05, 0) is 90.8 Å². The van der Waals surface area contributed by atoms with Gasteiger partial charge in [0.05, 0.1) is 36.9 Å². The maximum absolute atomic E-state index is 13.0. The van der Waals surface area contributed by atoms with E-state index in [1.54, 1.807) is 0 Å². The Labute approximate surface area is 205 Å². The zero-order chi connectivity index (χ0) is 25.2. The number of ether oxygens (including phenoxy) is 1.